The van der Waals surface area contributed by atoms with Crippen molar-refractivity contribution in [2.75, 3.05) is 7.11 Å². The zero-order valence-electron chi connectivity index (χ0n) is 16.7. The molecule has 4 aromatic heterocycles. The first-order chi connectivity index (χ1) is 14.4. The molecule has 30 heavy (non-hydrogen) atoms. The van der Waals surface area contributed by atoms with Crippen LogP contribution in [-0.4, -0.2) is 33.2 Å². The van der Waals surface area contributed by atoms with Crippen molar-refractivity contribution in [3.05, 3.63) is 46.2 Å². The Morgan fingerprint density at radius 1 is 1.33 bits per heavy atom. The molecule has 0 N–H and O–H groups in total. The smallest absolute Gasteiger partial charge is 0.325 e. The van der Waals surface area contributed by atoms with Gasteiger partial charge >= 0.3 is 5.97 Å². The molecule has 1 aliphatic rings. The van der Waals surface area contributed by atoms with E-state index in [4.69, 9.17) is 13.6 Å². The van der Waals surface area contributed by atoms with E-state index in [9.17, 15) is 9.59 Å². The zero-order valence-corrected chi connectivity index (χ0v) is 16.7. The number of aromatic nitrogens is 3. The van der Waals surface area contributed by atoms with Crippen molar-refractivity contribution in [2.24, 2.45) is 0 Å². The quantitative estimate of drug-likeness (QED) is 0.475. The number of nitrogens with zero attached hydrogens (tertiary/aromatic N) is 3. The average Bonchev–Trinajstić information content (AvgIpc) is 3.36. The van der Waals surface area contributed by atoms with Gasteiger partial charge in [-0.15, -0.1) is 0 Å². The van der Waals surface area contributed by atoms with Gasteiger partial charge in [-0.25, -0.2) is 9.97 Å². The Morgan fingerprint density at radius 3 is 2.90 bits per heavy atom. The third-order valence-electron chi connectivity index (χ3n) is 5.30. The third kappa shape index (κ3) is 2.81. The Bertz CT molecular complexity index is 1350. The maximum Gasteiger partial charge on any atom is 0.325 e. The highest BCUT2D eigenvalue weighted by atomic mass is 16.5. The van der Waals surface area contributed by atoms with Gasteiger partial charge in [0.05, 0.1) is 37.3 Å². The maximum absolute atomic E-state index is 12.9. The monoisotopic (exact) mass is 409 g/mol. The largest absolute Gasteiger partial charge is 0.468 e. The second kappa shape index (κ2) is 6.53. The van der Waals surface area contributed by atoms with E-state index in [1.807, 2.05) is 19.9 Å². The summed E-state index contributed by atoms with van der Waals surface area (Å²) >= 11 is 0. The van der Waals surface area contributed by atoms with Crippen LogP contribution in [0, 0.1) is 0 Å². The molecule has 1 aliphatic heterocycles. The summed E-state index contributed by atoms with van der Waals surface area (Å²) in [7, 11) is 1.26. The predicted octanol–water partition coefficient (Wildman–Crippen LogP) is 2.82. The van der Waals surface area contributed by atoms with Crippen molar-refractivity contribution < 1.29 is 23.1 Å². The highest BCUT2D eigenvalue weighted by molar-refractivity contribution is 6.04. The normalized spacial score (nSPS) is 15.4. The topological polar surface area (TPSA) is 110 Å². The lowest BCUT2D eigenvalue weighted by Crippen LogP contribution is -2.32. The molecular weight excluding hydrogens is 390 g/mol. The number of carbonyl (C=O) groups is 1. The zero-order chi connectivity index (χ0) is 21.0. The van der Waals surface area contributed by atoms with Gasteiger partial charge in [0.25, 0.3) is 5.56 Å². The first-order valence-electron chi connectivity index (χ1n) is 9.46. The molecule has 9 heteroatoms. The molecule has 0 fully saturated rings. The summed E-state index contributed by atoms with van der Waals surface area (Å²) < 4.78 is 23.3. The van der Waals surface area contributed by atoms with Crippen molar-refractivity contribution in [2.45, 2.75) is 39.0 Å². The minimum Gasteiger partial charge on any atom is -0.468 e. The molecule has 0 spiro atoms. The number of fused-ring (bicyclic) bond motifs is 5. The average molecular weight is 409 g/mol. The molecule has 5 rings (SSSR count). The van der Waals surface area contributed by atoms with E-state index in [0.29, 0.717) is 41.1 Å². The molecule has 5 heterocycles. The van der Waals surface area contributed by atoms with E-state index in [1.54, 1.807) is 12.3 Å². The lowest BCUT2D eigenvalue weighted by atomic mass is 9.89. The molecular formula is C21H19N3O6. The summed E-state index contributed by atoms with van der Waals surface area (Å²) in [4.78, 5) is 33.6. The van der Waals surface area contributed by atoms with Crippen LogP contribution in [0.3, 0.4) is 0 Å². The van der Waals surface area contributed by atoms with Gasteiger partial charge in [-0.3, -0.25) is 14.2 Å². The van der Waals surface area contributed by atoms with Gasteiger partial charge in [-0.1, -0.05) is 0 Å². The molecule has 9 nitrogen and oxygen atoms in total. The number of hydrogen-bond acceptors (Lipinski definition) is 8. The van der Waals surface area contributed by atoms with Crippen molar-refractivity contribution >= 4 is 28.2 Å². The van der Waals surface area contributed by atoms with Crippen LogP contribution < -0.4 is 5.56 Å². The predicted molar refractivity (Wildman–Crippen MR) is 106 cm³/mol. The molecule has 0 atom stereocenters. The first-order valence-corrected chi connectivity index (χ1v) is 9.46. The molecule has 0 bridgehead atoms. The van der Waals surface area contributed by atoms with Gasteiger partial charge in [0, 0.05) is 12.0 Å². The van der Waals surface area contributed by atoms with E-state index in [-0.39, 0.29) is 12.1 Å². The number of furan rings is 2. The fraction of sp³-hybridized carbons (Fsp3) is 0.333. The molecule has 0 aromatic carbocycles. The fourth-order valence-electron chi connectivity index (χ4n) is 3.83. The number of rotatable bonds is 3. The molecule has 154 valence electrons. The molecule has 4 aromatic rings. The summed E-state index contributed by atoms with van der Waals surface area (Å²) in [6, 6.07) is 3.60. The van der Waals surface area contributed by atoms with Crippen LogP contribution in [-0.2, 0) is 33.8 Å². The van der Waals surface area contributed by atoms with Gasteiger partial charge in [0.2, 0.25) is 11.3 Å². The summed E-state index contributed by atoms with van der Waals surface area (Å²) in [5, 5.41) is 0.689. The Labute approximate surface area is 170 Å². The number of esters is 1. The van der Waals surface area contributed by atoms with Crippen LogP contribution in [0.2, 0.25) is 0 Å². The van der Waals surface area contributed by atoms with Gasteiger partial charge in [0.15, 0.2) is 5.76 Å². The minimum absolute atomic E-state index is 0.0481. The van der Waals surface area contributed by atoms with Crippen molar-refractivity contribution in [3.8, 4) is 11.5 Å². The summed E-state index contributed by atoms with van der Waals surface area (Å²) in [5.41, 5.74) is 2.38. The van der Waals surface area contributed by atoms with Crippen LogP contribution in [0.1, 0.15) is 25.0 Å². The van der Waals surface area contributed by atoms with Crippen LogP contribution >= 0.6 is 0 Å². The van der Waals surface area contributed by atoms with Crippen molar-refractivity contribution in [1.82, 2.24) is 14.5 Å². The number of ether oxygens (including phenoxy) is 2. The molecule has 0 aliphatic carbocycles. The Hall–Kier alpha value is -3.46. The minimum atomic E-state index is -0.552. The van der Waals surface area contributed by atoms with E-state index >= 15 is 0 Å². The summed E-state index contributed by atoms with van der Waals surface area (Å²) in [5.74, 6) is 0.0387. The summed E-state index contributed by atoms with van der Waals surface area (Å²) in [6.45, 7) is 4.12. The van der Waals surface area contributed by atoms with Crippen LogP contribution in [0.25, 0.3) is 33.7 Å². The lowest BCUT2D eigenvalue weighted by Gasteiger charge is -2.32. The molecule has 0 saturated heterocycles. The molecule has 0 saturated carbocycles. The van der Waals surface area contributed by atoms with E-state index in [0.717, 1.165) is 15.7 Å². The van der Waals surface area contributed by atoms with Crippen LogP contribution in [0.4, 0.5) is 0 Å². The van der Waals surface area contributed by atoms with Crippen molar-refractivity contribution in [3.63, 3.8) is 0 Å². The molecule has 0 unspecified atom stereocenters. The first kappa shape index (κ1) is 18.6. The SMILES string of the molecule is COC(=O)Cn1cnc2c(oc3nc(-c4ccco4)c4c(c32)CC(C)(C)OC4)c1=O. The number of hydrogen-bond donors (Lipinski definition) is 0. The van der Waals surface area contributed by atoms with Crippen LogP contribution in [0.5, 0.6) is 0 Å². The van der Waals surface area contributed by atoms with E-state index < -0.39 is 17.1 Å². The summed E-state index contributed by atoms with van der Waals surface area (Å²) in [6.07, 6.45) is 3.50. The lowest BCUT2D eigenvalue weighted by molar-refractivity contribution is -0.141. The third-order valence-corrected chi connectivity index (χ3v) is 5.30. The van der Waals surface area contributed by atoms with Gasteiger partial charge in [-0.05, 0) is 31.5 Å². The Balaban J connectivity index is 1.82. The second-order valence-electron chi connectivity index (χ2n) is 7.83. The van der Waals surface area contributed by atoms with E-state index in [2.05, 4.69) is 14.7 Å². The van der Waals surface area contributed by atoms with Gasteiger partial charge < -0.3 is 18.3 Å². The maximum atomic E-state index is 12.9. The van der Waals surface area contributed by atoms with Crippen molar-refractivity contribution in [1.29, 1.82) is 0 Å². The fourth-order valence-corrected chi connectivity index (χ4v) is 3.83. The van der Waals surface area contributed by atoms with Gasteiger partial charge in [0.1, 0.15) is 17.8 Å². The molecule has 0 radical (unpaired) electrons. The van der Waals surface area contributed by atoms with Crippen LogP contribution in [0.15, 0.2) is 38.4 Å². The number of methoxy groups -OCH3 is 1. The highest BCUT2D eigenvalue weighted by Gasteiger charge is 2.33. The Morgan fingerprint density at radius 2 is 2.17 bits per heavy atom. The highest BCUT2D eigenvalue weighted by Crippen LogP contribution is 2.40. The molecule has 0 amide bonds. The number of pyridine rings is 1. The standard InChI is InChI=1S/C21H19N3O6/c1-21(2)7-11-12(9-29-21)16(13-5-4-6-28-13)23-19-15(11)17-18(30-19)20(26)24(10-22-17)8-14(25)27-3/h4-6,10H,7-9H2,1-3H3. The second-order valence-corrected chi connectivity index (χ2v) is 7.83. The van der Waals surface area contributed by atoms with E-state index in [1.165, 1.54) is 13.4 Å². The Kier molecular flexibility index (Phi) is 4.04. The van der Waals surface area contributed by atoms with Gasteiger partial charge in [-0.2, -0.15) is 0 Å². The number of carbonyl (C=O) groups excluding carboxylic acids is 1.